The predicted octanol–water partition coefficient (Wildman–Crippen LogP) is -9.22. The van der Waals surface area contributed by atoms with Crippen LogP contribution in [0.2, 0.25) is 0 Å². The van der Waals surface area contributed by atoms with E-state index in [9.17, 15) is 102 Å². The lowest BCUT2D eigenvalue weighted by molar-refractivity contribution is -0.399. The maximum Gasteiger partial charge on any atom is 0.314 e. The topological polar surface area (TPSA) is 532 Å². The van der Waals surface area contributed by atoms with Crippen LogP contribution >= 0.6 is 0 Å². The van der Waals surface area contributed by atoms with Gasteiger partial charge in [0, 0.05) is 0 Å². The summed E-state index contributed by atoms with van der Waals surface area (Å²) in [6.45, 7) is 4.80. The van der Waals surface area contributed by atoms with Gasteiger partial charge in [0.15, 0.2) is 37.6 Å². The van der Waals surface area contributed by atoms with Crippen LogP contribution in [0.15, 0.2) is 12.2 Å². The second-order valence-electron chi connectivity index (χ2n) is 25.8. The van der Waals surface area contributed by atoms with E-state index in [2.05, 4.69) is 13.5 Å². The first-order valence-corrected chi connectivity index (χ1v) is 30.4. The molecule has 6 heterocycles. The number of aliphatic hydroxyl groups excluding tert-OH is 20. The molecule has 0 amide bonds. The molecule has 514 valence electrons. The number of esters is 1. The molecule has 36 atom stereocenters. The van der Waals surface area contributed by atoms with Gasteiger partial charge in [0.25, 0.3) is 0 Å². The molecule has 33 nitrogen and oxygen atoms in total. The second kappa shape index (κ2) is 28.7. The monoisotopic (exact) mass is 1290 g/mol. The van der Waals surface area contributed by atoms with Gasteiger partial charge in [-0.15, -0.1) is 0 Å². The van der Waals surface area contributed by atoms with E-state index >= 15 is 4.79 Å². The summed E-state index contributed by atoms with van der Waals surface area (Å²) in [5.41, 5.74) is -2.76. The largest absolute Gasteiger partial charge is 0.432 e. The van der Waals surface area contributed by atoms with Crippen molar-refractivity contribution in [3.05, 3.63) is 12.2 Å². The summed E-state index contributed by atoms with van der Waals surface area (Å²) in [6.07, 6.45) is -52.7. The number of aliphatic hydroxyl groups is 20. The van der Waals surface area contributed by atoms with Crippen molar-refractivity contribution in [1.29, 1.82) is 0 Å². The molecule has 9 aliphatic rings. The van der Waals surface area contributed by atoms with Gasteiger partial charge in [-0.1, -0.05) is 33.3 Å². The average molecular weight is 1290 g/mol. The maximum atomic E-state index is 15.4. The molecule has 0 aromatic carbocycles. The van der Waals surface area contributed by atoms with Crippen molar-refractivity contribution in [2.24, 2.45) is 28.6 Å². The molecule has 6 saturated heterocycles. The van der Waals surface area contributed by atoms with Gasteiger partial charge in [0.1, 0.15) is 140 Å². The number of ether oxygens (including phenoxy) is 12. The van der Waals surface area contributed by atoms with E-state index in [1.165, 1.54) is 0 Å². The Morgan fingerprint density at radius 2 is 0.809 bits per heavy atom. The summed E-state index contributed by atoms with van der Waals surface area (Å²) in [4.78, 5) is 15.4. The van der Waals surface area contributed by atoms with E-state index in [-0.39, 0.29) is 31.1 Å². The van der Waals surface area contributed by atoms with Gasteiger partial charge < -0.3 is 159 Å². The van der Waals surface area contributed by atoms with Crippen LogP contribution in [0.1, 0.15) is 72.1 Å². The fourth-order valence-corrected chi connectivity index (χ4v) is 15.6. The normalized spacial score (nSPS) is 53.2. The minimum atomic E-state index is -2.08. The molecule has 0 aromatic rings. The van der Waals surface area contributed by atoms with Gasteiger partial charge >= 0.3 is 5.97 Å². The Bertz CT molecular complexity index is 2320. The van der Waals surface area contributed by atoms with Crippen molar-refractivity contribution in [3.63, 3.8) is 0 Å². The van der Waals surface area contributed by atoms with E-state index in [1.54, 1.807) is 6.92 Å². The average Bonchev–Trinajstić information content (AvgIpc) is 1.82. The Kier molecular flexibility index (Phi) is 23.0. The van der Waals surface area contributed by atoms with Crippen molar-refractivity contribution < 1.29 is 164 Å². The highest BCUT2D eigenvalue weighted by Crippen LogP contribution is 2.65. The van der Waals surface area contributed by atoms with Crippen LogP contribution in [0.4, 0.5) is 0 Å². The minimum Gasteiger partial charge on any atom is -0.432 e. The van der Waals surface area contributed by atoms with Crippen LogP contribution < -0.4 is 0 Å². The van der Waals surface area contributed by atoms with Gasteiger partial charge in [0.2, 0.25) is 6.29 Å². The minimum absolute atomic E-state index is 0.183. The zero-order valence-corrected chi connectivity index (χ0v) is 49.4. The lowest BCUT2D eigenvalue weighted by Gasteiger charge is -2.57. The summed E-state index contributed by atoms with van der Waals surface area (Å²) in [5, 5.41) is 214. The van der Waals surface area contributed by atoms with Gasteiger partial charge in [-0.2, -0.15) is 0 Å². The van der Waals surface area contributed by atoms with Gasteiger partial charge in [-0.25, -0.2) is 0 Å². The van der Waals surface area contributed by atoms with Crippen molar-refractivity contribution in [3.8, 4) is 0 Å². The molecule has 9 rings (SSSR count). The third-order valence-corrected chi connectivity index (χ3v) is 20.6. The SMILES string of the molecule is C=C1C[C@@H]2CC1(OC1OC(CO)C(O)C(OC3OC(CO)C(O)C(O)C3O)C1OC1OC(CO)C(O)C(O)C1O)CC[C@H]2[C@]1(C)CCC[C@@](C)(C(=O)OC2OC(CO)C(O)C(OC3OC(CO)C(O)C(O)C3O)C2OC2OC(CO)C(O)C(O)C2O)C1CC. The standard InChI is InChI=1S/C56H92O33/c1-5-28-54(3,8-6-9-55(28,4)53(77)88-51-45(86-49-41(75)37(71)31(65)24(15-59)80-49)43(33(67)26(17-61)82-51)84-47-39(73)35(69)29(63)22(13-57)78-47)21-7-10-56(12-20(21)11-19(56)2)89-52-46(87-50-42(76)38(72)32(66)25(16-60)81-50)44(34(68)27(18-62)83-52)85-48-40(74)36(70)30(64)23(14-58)79-48/h20-52,57-76H,2,5-18H2,1,3-4H3/t20-,21-,22?,23?,24?,25?,26?,27?,28?,29?,30?,31?,32?,33?,34?,35?,36?,37?,38?,39?,40?,41?,42?,43?,44?,45?,46?,47?,48?,49?,50?,51?,52?,54+,55-,56?/m1/s1. The quantitative estimate of drug-likeness (QED) is 0.0398. The van der Waals surface area contributed by atoms with Crippen LogP contribution in [-0.2, 0) is 61.6 Å². The molecule has 33 heteroatoms. The Labute approximate surface area is 510 Å². The molecule has 32 unspecified atom stereocenters. The molecule has 0 aromatic heterocycles. The molecule has 2 bridgehead atoms. The fraction of sp³-hybridized carbons (Fsp3) is 0.946. The molecular weight excluding hydrogens is 1200 g/mol. The number of fused-ring (bicyclic) bond motifs is 2. The lowest BCUT2D eigenvalue weighted by Crippen LogP contribution is -2.68. The van der Waals surface area contributed by atoms with Crippen LogP contribution in [-0.4, -0.2) is 338 Å². The molecule has 9 fully saturated rings. The Morgan fingerprint density at radius 1 is 0.461 bits per heavy atom. The summed E-state index contributed by atoms with van der Waals surface area (Å²) >= 11 is 0. The van der Waals surface area contributed by atoms with Crippen LogP contribution in [0.25, 0.3) is 0 Å². The molecule has 3 saturated carbocycles. The molecule has 89 heavy (non-hydrogen) atoms. The number of hydrogen-bond donors (Lipinski definition) is 20. The number of carbonyl (C=O) groups excluding carboxylic acids is 1. The number of carbonyl (C=O) groups is 1. The van der Waals surface area contributed by atoms with Crippen LogP contribution in [0.3, 0.4) is 0 Å². The smallest absolute Gasteiger partial charge is 0.314 e. The van der Waals surface area contributed by atoms with E-state index < -0.39 is 252 Å². The van der Waals surface area contributed by atoms with Crippen molar-refractivity contribution in [2.45, 2.75) is 262 Å². The third kappa shape index (κ3) is 13.2. The molecule has 20 N–H and O–H groups in total. The first kappa shape index (κ1) is 71.3. The molecular formula is C56H92O33. The highest BCUT2D eigenvalue weighted by molar-refractivity contribution is 5.77. The summed E-state index contributed by atoms with van der Waals surface area (Å²) in [5.74, 6) is -1.78. The van der Waals surface area contributed by atoms with E-state index in [4.69, 9.17) is 56.8 Å². The van der Waals surface area contributed by atoms with Gasteiger partial charge in [0.05, 0.1) is 50.7 Å². The Morgan fingerprint density at radius 3 is 1.19 bits per heavy atom. The van der Waals surface area contributed by atoms with Crippen molar-refractivity contribution in [1.82, 2.24) is 0 Å². The van der Waals surface area contributed by atoms with Crippen molar-refractivity contribution in [2.75, 3.05) is 39.6 Å². The van der Waals surface area contributed by atoms with Crippen LogP contribution in [0.5, 0.6) is 0 Å². The highest BCUT2D eigenvalue weighted by atomic mass is 16.8. The first-order chi connectivity index (χ1) is 42.1. The van der Waals surface area contributed by atoms with E-state index in [1.807, 2.05) is 6.92 Å². The summed E-state index contributed by atoms with van der Waals surface area (Å²) in [7, 11) is 0. The highest BCUT2D eigenvalue weighted by Gasteiger charge is 2.64. The molecule has 0 spiro atoms. The molecule has 3 aliphatic carbocycles. The maximum absolute atomic E-state index is 15.4. The molecule has 0 radical (unpaired) electrons. The van der Waals surface area contributed by atoms with Gasteiger partial charge in [-0.3, -0.25) is 4.79 Å². The summed E-state index contributed by atoms with van der Waals surface area (Å²) in [6, 6.07) is 0. The van der Waals surface area contributed by atoms with Gasteiger partial charge in [-0.05, 0) is 74.2 Å². The Balaban J connectivity index is 0.984. The summed E-state index contributed by atoms with van der Waals surface area (Å²) < 4.78 is 72.6. The second-order valence-corrected chi connectivity index (χ2v) is 25.8. The molecule has 6 aliphatic heterocycles. The number of rotatable bonds is 20. The Hall–Kier alpha value is -2.03. The zero-order valence-electron chi connectivity index (χ0n) is 49.4. The predicted molar refractivity (Wildman–Crippen MR) is 286 cm³/mol. The number of hydrogen-bond acceptors (Lipinski definition) is 33. The van der Waals surface area contributed by atoms with E-state index in [0.29, 0.717) is 37.7 Å². The fourth-order valence-electron chi connectivity index (χ4n) is 15.6. The van der Waals surface area contributed by atoms with E-state index in [0.717, 1.165) is 0 Å². The lowest BCUT2D eigenvalue weighted by atomic mass is 9.48. The zero-order chi connectivity index (χ0) is 65.1. The third-order valence-electron chi connectivity index (χ3n) is 20.6. The first-order valence-electron chi connectivity index (χ1n) is 30.4. The van der Waals surface area contributed by atoms with Crippen LogP contribution in [0, 0.1) is 28.6 Å². The van der Waals surface area contributed by atoms with Crippen molar-refractivity contribution >= 4 is 5.97 Å².